The number of hydrogen-bond acceptors (Lipinski definition) is 3. The van der Waals surface area contributed by atoms with Crippen molar-refractivity contribution < 1.29 is 4.79 Å². The van der Waals surface area contributed by atoms with Gasteiger partial charge in [0.05, 0.1) is 16.3 Å². The van der Waals surface area contributed by atoms with Gasteiger partial charge in [-0.1, -0.05) is 54.1 Å². The Morgan fingerprint density at radius 2 is 1.62 bits per heavy atom. The molecule has 1 heterocycles. The first-order chi connectivity index (χ1) is 11.8. The number of halogens is 1. The molecule has 1 amide bonds. The molecule has 3 aromatic rings. The number of hydrazone groups is 1. The lowest BCUT2D eigenvalue weighted by atomic mass is 10.0. The fourth-order valence-corrected chi connectivity index (χ4v) is 2.43. The van der Waals surface area contributed by atoms with Gasteiger partial charge in [-0.15, -0.1) is 0 Å². The van der Waals surface area contributed by atoms with Crippen molar-refractivity contribution in [3.8, 4) is 0 Å². The van der Waals surface area contributed by atoms with Crippen molar-refractivity contribution in [2.45, 2.75) is 0 Å². The van der Waals surface area contributed by atoms with E-state index < -0.39 is 0 Å². The van der Waals surface area contributed by atoms with Crippen molar-refractivity contribution in [3.63, 3.8) is 0 Å². The van der Waals surface area contributed by atoms with E-state index in [2.05, 4.69) is 15.5 Å². The van der Waals surface area contributed by atoms with E-state index in [1.807, 2.05) is 42.5 Å². The SMILES string of the molecule is O=C(NN=C(c1ccccc1)c1cccnc1)c1ccccc1Cl. The monoisotopic (exact) mass is 335 g/mol. The highest BCUT2D eigenvalue weighted by molar-refractivity contribution is 6.33. The van der Waals surface area contributed by atoms with Gasteiger partial charge in [-0.05, 0) is 24.3 Å². The third kappa shape index (κ3) is 3.67. The summed E-state index contributed by atoms with van der Waals surface area (Å²) in [5.74, 6) is -0.363. The standard InChI is InChI=1S/C19H14ClN3O/c20-17-11-5-4-10-16(17)19(24)23-22-18(14-7-2-1-3-8-14)15-9-6-12-21-13-15/h1-13H,(H,23,24). The van der Waals surface area contributed by atoms with Gasteiger partial charge < -0.3 is 0 Å². The van der Waals surface area contributed by atoms with Gasteiger partial charge in [0.2, 0.25) is 0 Å². The average molecular weight is 336 g/mol. The lowest BCUT2D eigenvalue weighted by Gasteiger charge is -2.08. The lowest BCUT2D eigenvalue weighted by Crippen LogP contribution is -2.21. The molecule has 0 saturated heterocycles. The van der Waals surface area contributed by atoms with Gasteiger partial charge >= 0.3 is 0 Å². The highest BCUT2D eigenvalue weighted by atomic mass is 35.5. The number of amides is 1. The molecule has 4 nitrogen and oxygen atoms in total. The minimum atomic E-state index is -0.363. The number of carbonyl (C=O) groups excluding carboxylic acids is 1. The predicted molar refractivity (Wildman–Crippen MR) is 95.2 cm³/mol. The second-order valence-corrected chi connectivity index (χ2v) is 5.40. The van der Waals surface area contributed by atoms with Crippen LogP contribution in [0.15, 0.2) is 84.2 Å². The van der Waals surface area contributed by atoms with Gasteiger partial charge in [-0.3, -0.25) is 9.78 Å². The summed E-state index contributed by atoms with van der Waals surface area (Å²) in [6.45, 7) is 0. The number of rotatable bonds is 4. The first-order valence-corrected chi connectivity index (χ1v) is 7.72. The van der Waals surface area contributed by atoms with Gasteiger partial charge in [0.25, 0.3) is 5.91 Å². The molecule has 3 rings (SSSR count). The minimum Gasteiger partial charge on any atom is -0.267 e. The van der Waals surface area contributed by atoms with E-state index in [-0.39, 0.29) is 5.91 Å². The van der Waals surface area contributed by atoms with E-state index in [1.54, 1.807) is 36.7 Å². The molecule has 0 spiro atoms. The van der Waals surface area contributed by atoms with Gasteiger partial charge in [0.1, 0.15) is 0 Å². The van der Waals surface area contributed by atoms with Gasteiger partial charge in [0.15, 0.2) is 0 Å². The Labute approximate surface area is 144 Å². The van der Waals surface area contributed by atoms with Gasteiger partial charge in [0, 0.05) is 23.5 Å². The van der Waals surface area contributed by atoms with Gasteiger partial charge in [-0.25, -0.2) is 5.43 Å². The topological polar surface area (TPSA) is 54.4 Å². The predicted octanol–water partition coefficient (Wildman–Crippen LogP) is 3.92. The molecule has 0 aliphatic carbocycles. The third-order valence-corrected chi connectivity index (χ3v) is 3.70. The third-order valence-electron chi connectivity index (χ3n) is 3.37. The number of nitrogens with one attached hydrogen (secondary N) is 1. The molecule has 0 aliphatic heterocycles. The lowest BCUT2D eigenvalue weighted by molar-refractivity contribution is 0.0955. The zero-order valence-corrected chi connectivity index (χ0v) is 13.4. The van der Waals surface area contributed by atoms with Crippen LogP contribution in [0, 0.1) is 0 Å². The van der Waals surface area contributed by atoms with E-state index in [1.165, 1.54) is 0 Å². The van der Waals surface area contributed by atoms with Crippen molar-refractivity contribution in [1.29, 1.82) is 0 Å². The maximum absolute atomic E-state index is 12.3. The average Bonchev–Trinajstić information content (AvgIpc) is 2.64. The van der Waals surface area contributed by atoms with Crippen molar-refractivity contribution in [1.82, 2.24) is 10.4 Å². The molecule has 118 valence electrons. The molecule has 24 heavy (non-hydrogen) atoms. The van der Waals surface area contributed by atoms with Crippen LogP contribution >= 0.6 is 11.6 Å². The molecule has 2 aromatic carbocycles. The molecule has 1 aromatic heterocycles. The van der Waals surface area contributed by atoms with Crippen LogP contribution in [-0.4, -0.2) is 16.6 Å². The van der Waals surface area contributed by atoms with Crippen LogP contribution in [0.1, 0.15) is 21.5 Å². The van der Waals surface area contributed by atoms with Crippen molar-refractivity contribution >= 4 is 23.2 Å². The number of pyridine rings is 1. The van der Waals surface area contributed by atoms with Gasteiger partial charge in [-0.2, -0.15) is 5.10 Å². The Bertz CT molecular complexity index is 823. The number of carbonyl (C=O) groups is 1. The number of hydrogen-bond donors (Lipinski definition) is 1. The van der Waals surface area contributed by atoms with E-state index in [0.29, 0.717) is 16.3 Å². The Kier molecular flexibility index (Phi) is 4.99. The first-order valence-electron chi connectivity index (χ1n) is 7.34. The molecular weight excluding hydrogens is 322 g/mol. The van der Waals surface area contributed by atoms with E-state index in [9.17, 15) is 4.79 Å². The summed E-state index contributed by atoms with van der Waals surface area (Å²) in [5, 5.41) is 4.68. The molecule has 0 radical (unpaired) electrons. The van der Waals surface area contributed by atoms with Crippen molar-refractivity contribution in [2.75, 3.05) is 0 Å². The summed E-state index contributed by atoms with van der Waals surface area (Å²) in [5.41, 5.74) is 5.27. The second-order valence-electron chi connectivity index (χ2n) is 4.99. The molecule has 0 fully saturated rings. The Balaban J connectivity index is 1.93. The van der Waals surface area contributed by atoms with Crippen LogP contribution < -0.4 is 5.43 Å². The van der Waals surface area contributed by atoms with Crippen LogP contribution in [0.4, 0.5) is 0 Å². The maximum atomic E-state index is 12.3. The van der Waals surface area contributed by atoms with Crippen LogP contribution in [-0.2, 0) is 0 Å². The molecule has 0 aliphatic rings. The number of nitrogens with zero attached hydrogens (tertiary/aromatic N) is 2. The fraction of sp³-hybridized carbons (Fsp3) is 0. The highest BCUT2D eigenvalue weighted by Gasteiger charge is 2.11. The summed E-state index contributed by atoms with van der Waals surface area (Å²) in [6, 6.07) is 20.2. The molecular formula is C19H14ClN3O. The highest BCUT2D eigenvalue weighted by Crippen LogP contribution is 2.15. The summed E-state index contributed by atoms with van der Waals surface area (Å²) in [6.07, 6.45) is 3.39. The molecule has 0 atom stereocenters. The maximum Gasteiger partial charge on any atom is 0.272 e. The smallest absolute Gasteiger partial charge is 0.267 e. The molecule has 5 heteroatoms. The largest absolute Gasteiger partial charge is 0.272 e. The zero-order chi connectivity index (χ0) is 16.8. The minimum absolute atomic E-state index is 0.363. The van der Waals surface area contributed by atoms with Crippen molar-refractivity contribution in [2.24, 2.45) is 5.10 Å². The summed E-state index contributed by atoms with van der Waals surface area (Å²) in [4.78, 5) is 16.4. The first kappa shape index (κ1) is 15.9. The Morgan fingerprint density at radius 1 is 0.917 bits per heavy atom. The molecule has 0 bridgehead atoms. The zero-order valence-electron chi connectivity index (χ0n) is 12.7. The van der Waals surface area contributed by atoms with E-state index in [4.69, 9.17) is 11.6 Å². The van der Waals surface area contributed by atoms with E-state index >= 15 is 0 Å². The Morgan fingerprint density at radius 3 is 2.33 bits per heavy atom. The van der Waals surface area contributed by atoms with Crippen LogP contribution in [0.5, 0.6) is 0 Å². The number of benzene rings is 2. The normalized spacial score (nSPS) is 11.1. The molecule has 1 N–H and O–H groups in total. The quantitative estimate of drug-likeness (QED) is 0.580. The molecule has 0 saturated carbocycles. The summed E-state index contributed by atoms with van der Waals surface area (Å²) < 4.78 is 0. The van der Waals surface area contributed by atoms with Crippen LogP contribution in [0.2, 0.25) is 5.02 Å². The fourth-order valence-electron chi connectivity index (χ4n) is 2.21. The van der Waals surface area contributed by atoms with E-state index in [0.717, 1.165) is 11.1 Å². The van der Waals surface area contributed by atoms with Crippen LogP contribution in [0.3, 0.4) is 0 Å². The van der Waals surface area contributed by atoms with Crippen molar-refractivity contribution in [3.05, 3.63) is 101 Å². The molecule has 0 unspecified atom stereocenters. The Hall–Kier alpha value is -2.98. The summed E-state index contributed by atoms with van der Waals surface area (Å²) >= 11 is 6.05. The number of aromatic nitrogens is 1. The van der Waals surface area contributed by atoms with Crippen LogP contribution in [0.25, 0.3) is 0 Å². The second kappa shape index (κ2) is 7.53. The summed E-state index contributed by atoms with van der Waals surface area (Å²) in [7, 11) is 0.